The molecule has 0 saturated carbocycles. The number of carboxylic acids is 1. The number of ether oxygens (including phenoxy) is 1. The molecule has 154 valence electrons. The van der Waals surface area contributed by atoms with Gasteiger partial charge in [0.1, 0.15) is 27.9 Å². The number of aromatic carboxylic acids is 1. The Morgan fingerprint density at radius 1 is 1.27 bits per heavy atom. The fourth-order valence-electron chi connectivity index (χ4n) is 2.69. The van der Waals surface area contributed by atoms with Crippen molar-refractivity contribution < 1.29 is 29.3 Å². The average Bonchev–Trinajstić information content (AvgIpc) is 2.97. The molecule has 1 heterocycles. The molecule has 0 unspecified atom stereocenters. The van der Waals surface area contributed by atoms with E-state index in [1.165, 1.54) is 13.2 Å². The number of methoxy groups -OCH3 is 1. The molecule has 2 aromatic carbocycles. The van der Waals surface area contributed by atoms with E-state index >= 15 is 0 Å². The van der Waals surface area contributed by atoms with Crippen LogP contribution in [0.1, 0.15) is 15.9 Å². The van der Waals surface area contributed by atoms with Gasteiger partial charge >= 0.3 is 5.97 Å². The average molecular weight is 444 g/mol. The first-order valence-electron chi connectivity index (χ1n) is 8.54. The summed E-state index contributed by atoms with van der Waals surface area (Å²) < 4.78 is 5.50. The summed E-state index contributed by atoms with van der Waals surface area (Å²) in [6.07, 6.45) is 1.65. The highest BCUT2D eigenvalue weighted by molar-refractivity contribution is 8.26. The normalized spacial score (nSPS) is 14.8. The van der Waals surface area contributed by atoms with Gasteiger partial charge in [-0.2, -0.15) is 0 Å². The van der Waals surface area contributed by atoms with Gasteiger partial charge in [-0.3, -0.25) is 14.5 Å². The highest BCUT2D eigenvalue weighted by atomic mass is 32.2. The first-order valence-corrected chi connectivity index (χ1v) is 9.77. The Labute approximate surface area is 181 Å². The van der Waals surface area contributed by atoms with Gasteiger partial charge in [0, 0.05) is 11.3 Å². The number of aromatic hydroxyl groups is 1. The highest BCUT2D eigenvalue weighted by Crippen LogP contribution is 2.34. The van der Waals surface area contributed by atoms with Crippen LogP contribution < -0.4 is 10.1 Å². The molecule has 3 N–H and O–H groups in total. The Balaban J connectivity index is 1.73. The lowest BCUT2D eigenvalue weighted by Gasteiger charge is -2.14. The number of anilines is 1. The number of benzene rings is 2. The van der Waals surface area contributed by atoms with E-state index in [0.29, 0.717) is 16.2 Å². The summed E-state index contributed by atoms with van der Waals surface area (Å²) in [5, 5.41) is 21.1. The van der Waals surface area contributed by atoms with Crippen molar-refractivity contribution in [2.75, 3.05) is 19.0 Å². The van der Waals surface area contributed by atoms with Crippen molar-refractivity contribution in [2.45, 2.75) is 0 Å². The van der Waals surface area contributed by atoms with Crippen LogP contribution in [-0.2, 0) is 9.59 Å². The van der Waals surface area contributed by atoms with Crippen LogP contribution >= 0.6 is 24.0 Å². The monoisotopic (exact) mass is 444 g/mol. The summed E-state index contributed by atoms with van der Waals surface area (Å²) in [6, 6.07) is 10.8. The van der Waals surface area contributed by atoms with E-state index in [4.69, 9.17) is 22.1 Å². The Hall–Kier alpha value is -3.37. The first-order chi connectivity index (χ1) is 14.3. The van der Waals surface area contributed by atoms with Gasteiger partial charge in [-0.15, -0.1) is 0 Å². The predicted molar refractivity (Wildman–Crippen MR) is 117 cm³/mol. The zero-order valence-electron chi connectivity index (χ0n) is 15.6. The molecule has 0 bridgehead atoms. The Morgan fingerprint density at radius 2 is 2.00 bits per heavy atom. The van der Waals surface area contributed by atoms with Gasteiger partial charge in [0.05, 0.1) is 12.0 Å². The van der Waals surface area contributed by atoms with Crippen LogP contribution in [0.3, 0.4) is 0 Å². The maximum atomic E-state index is 12.7. The topological polar surface area (TPSA) is 116 Å². The minimum atomic E-state index is -1.33. The van der Waals surface area contributed by atoms with E-state index in [2.05, 4.69) is 5.32 Å². The molecule has 1 saturated heterocycles. The first kappa shape index (κ1) is 21.3. The number of carbonyl (C=O) groups is 3. The predicted octanol–water partition coefficient (Wildman–Crippen LogP) is 2.94. The molecule has 0 spiro atoms. The van der Waals surface area contributed by atoms with Crippen LogP contribution in [-0.4, -0.2) is 50.9 Å². The quantitative estimate of drug-likeness (QED) is 0.354. The fourth-order valence-corrected chi connectivity index (χ4v) is 3.94. The molecular formula is C20H16N2O6S2. The van der Waals surface area contributed by atoms with Crippen LogP contribution in [0.15, 0.2) is 47.4 Å². The molecule has 0 aromatic heterocycles. The molecule has 3 rings (SSSR count). The number of para-hydroxylation sites is 1. The van der Waals surface area contributed by atoms with Crippen molar-refractivity contribution in [3.63, 3.8) is 0 Å². The van der Waals surface area contributed by atoms with Crippen molar-refractivity contribution in [1.82, 2.24) is 4.90 Å². The lowest BCUT2D eigenvalue weighted by molar-refractivity contribution is -0.126. The van der Waals surface area contributed by atoms with Gasteiger partial charge in [0.2, 0.25) is 5.91 Å². The maximum Gasteiger partial charge on any atom is 0.339 e. The molecule has 0 atom stereocenters. The van der Waals surface area contributed by atoms with Gasteiger partial charge < -0.3 is 20.3 Å². The van der Waals surface area contributed by atoms with E-state index in [1.54, 1.807) is 18.2 Å². The second-order valence-corrected chi connectivity index (χ2v) is 7.77. The molecule has 8 nitrogen and oxygen atoms in total. The van der Waals surface area contributed by atoms with Gasteiger partial charge in [-0.25, -0.2) is 4.79 Å². The summed E-state index contributed by atoms with van der Waals surface area (Å²) >= 11 is 6.31. The minimum Gasteiger partial charge on any atom is -0.507 e. The van der Waals surface area contributed by atoms with Crippen molar-refractivity contribution >= 4 is 57.8 Å². The number of phenols is 1. The van der Waals surface area contributed by atoms with Crippen molar-refractivity contribution in [1.29, 1.82) is 0 Å². The second kappa shape index (κ2) is 8.97. The third-order valence-electron chi connectivity index (χ3n) is 4.11. The Kier molecular flexibility index (Phi) is 6.38. The summed E-state index contributed by atoms with van der Waals surface area (Å²) in [5.74, 6) is -2.13. The van der Waals surface area contributed by atoms with Crippen LogP contribution in [0, 0.1) is 0 Å². The molecule has 1 aliphatic rings. The fraction of sp³-hybridized carbons (Fsp3) is 0.100. The Morgan fingerprint density at radius 3 is 2.70 bits per heavy atom. The zero-order chi connectivity index (χ0) is 21.8. The molecule has 2 aromatic rings. The minimum absolute atomic E-state index is 0.171. The summed E-state index contributed by atoms with van der Waals surface area (Å²) in [7, 11) is 1.53. The number of nitrogens with one attached hydrogen (secondary N) is 1. The summed E-state index contributed by atoms with van der Waals surface area (Å²) in [6.45, 7) is -0.336. The van der Waals surface area contributed by atoms with E-state index in [1.807, 2.05) is 12.1 Å². The molecule has 1 aliphatic heterocycles. The zero-order valence-corrected chi connectivity index (χ0v) is 17.3. The Bertz CT molecular complexity index is 1080. The molecule has 0 aliphatic carbocycles. The number of hydrogen-bond donors (Lipinski definition) is 3. The van der Waals surface area contributed by atoms with E-state index in [0.717, 1.165) is 28.8 Å². The van der Waals surface area contributed by atoms with E-state index in [9.17, 15) is 19.5 Å². The lowest BCUT2D eigenvalue weighted by Crippen LogP contribution is -2.36. The molecule has 0 radical (unpaired) electrons. The number of amides is 2. The number of thiocarbonyl (C=S) groups is 1. The van der Waals surface area contributed by atoms with E-state index in [-0.39, 0.29) is 22.1 Å². The van der Waals surface area contributed by atoms with Crippen LogP contribution in [0.2, 0.25) is 0 Å². The third-order valence-corrected chi connectivity index (χ3v) is 5.49. The highest BCUT2D eigenvalue weighted by Gasteiger charge is 2.33. The SMILES string of the molecule is COc1ccccc1/C=C1\SC(=S)N(CC(=O)Nc2ccc(O)c(C(=O)O)c2)C1=O. The van der Waals surface area contributed by atoms with Gasteiger partial charge in [0.15, 0.2) is 0 Å². The summed E-state index contributed by atoms with van der Waals surface area (Å²) in [4.78, 5) is 37.7. The number of carbonyl (C=O) groups excluding carboxylic acids is 2. The standard InChI is InChI=1S/C20H16N2O6S2/c1-28-15-5-3-2-4-11(15)8-16-18(25)22(20(29)30-16)10-17(24)21-12-6-7-14(23)13(9-12)19(26)27/h2-9,23H,10H2,1H3,(H,21,24)(H,26,27)/b16-8-. The molecular weight excluding hydrogens is 428 g/mol. The van der Waals surface area contributed by atoms with E-state index < -0.39 is 23.5 Å². The van der Waals surface area contributed by atoms with Crippen LogP contribution in [0.5, 0.6) is 11.5 Å². The lowest BCUT2D eigenvalue weighted by atomic mass is 10.1. The number of nitrogens with zero attached hydrogens (tertiary/aromatic N) is 1. The summed E-state index contributed by atoms with van der Waals surface area (Å²) in [5.41, 5.74) is 0.526. The number of thioether (sulfide) groups is 1. The molecule has 2 amide bonds. The van der Waals surface area contributed by atoms with Crippen molar-refractivity contribution in [3.8, 4) is 11.5 Å². The van der Waals surface area contributed by atoms with Gasteiger partial charge in [-0.05, 0) is 30.3 Å². The molecule has 30 heavy (non-hydrogen) atoms. The van der Waals surface area contributed by atoms with Crippen molar-refractivity contribution in [3.05, 3.63) is 58.5 Å². The second-order valence-electron chi connectivity index (χ2n) is 6.10. The van der Waals surface area contributed by atoms with Crippen LogP contribution in [0.25, 0.3) is 6.08 Å². The number of rotatable bonds is 6. The molecule has 10 heteroatoms. The van der Waals surface area contributed by atoms with Gasteiger partial charge in [-0.1, -0.05) is 42.2 Å². The third kappa shape index (κ3) is 4.61. The maximum absolute atomic E-state index is 12.7. The number of carboxylic acid groups (broad SMARTS) is 1. The smallest absolute Gasteiger partial charge is 0.339 e. The molecule has 1 fully saturated rings. The van der Waals surface area contributed by atoms with Gasteiger partial charge in [0.25, 0.3) is 5.91 Å². The van der Waals surface area contributed by atoms with Crippen LogP contribution in [0.4, 0.5) is 5.69 Å². The largest absolute Gasteiger partial charge is 0.507 e. The van der Waals surface area contributed by atoms with Crippen molar-refractivity contribution in [2.24, 2.45) is 0 Å². The number of hydrogen-bond acceptors (Lipinski definition) is 7.